The fourth-order valence-corrected chi connectivity index (χ4v) is 2.49. The Hall–Kier alpha value is -1.24. The molecule has 22 heavy (non-hydrogen) atoms. The molecule has 120 valence electrons. The van der Waals surface area contributed by atoms with Crippen LogP contribution < -0.4 is 10.2 Å². The Kier molecular flexibility index (Phi) is 4.48. The van der Waals surface area contributed by atoms with Crippen molar-refractivity contribution in [2.45, 2.75) is 45.8 Å². The van der Waals surface area contributed by atoms with Gasteiger partial charge in [-0.05, 0) is 52.2 Å². The van der Waals surface area contributed by atoms with Gasteiger partial charge >= 0.3 is 13.1 Å². The smallest absolute Gasteiger partial charge is 0.493 e. The highest BCUT2D eigenvalue weighted by molar-refractivity contribution is 6.62. The van der Waals surface area contributed by atoms with Gasteiger partial charge in [-0.15, -0.1) is 0 Å². The minimum absolute atomic E-state index is 0.0521. The highest BCUT2D eigenvalue weighted by Crippen LogP contribution is 2.37. The standard InChI is InChI=1S/C15H20BClO5/c1-6-20-11-8-9(7-10(17)12(11)13(18)19)16-21-14(2,3)15(4,5)22-16/h7-8H,6H2,1-5H3,(H,18,19). The molecular weight excluding hydrogens is 306 g/mol. The summed E-state index contributed by atoms with van der Waals surface area (Å²) in [5.74, 6) is -0.916. The van der Waals surface area contributed by atoms with Crippen LogP contribution in [0.1, 0.15) is 45.0 Å². The number of benzene rings is 1. The number of hydrogen-bond acceptors (Lipinski definition) is 4. The fraction of sp³-hybridized carbons (Fsp3) is 0.533. The van der Waals surface area contributed by atoms with Crippen LogP contribution in [0.15, 0.2) is 12.1 Å². The van der Waals surface area contributed by atoms with Crippen molar-refractivity contribution in [3.63, 3.8) is 0 Å². The maximum Gasteiger partial charge on any atom is 0.495 e. The Morgan fingerprint density at radius 2 is 1.82 bits per heavy atom. The van der Waals surface area contributed by atoms with Crippen LogP contribution in [0.2, 0.25) is 5.02 Å². The molecule has 2 rings (SSSR count). The first-order valence-electron chi connectivity index (χ1n) is 7.14. The minimum atomic E-state index is -1.13. The number of carboxylic acid groups (broad SMARTS) is 1. The van der Waals surface area contributed by atoms with Gasteiger partial charge in [0.25, 0.3) is 0 Å². The molecule has 1 heterocycles. The molecule has 1 aliphatic rings. The van der Waals surface area contributed by atoms with Crippen molar-refractivity contribution in [1.82, 2.24) is 0 Å². The molecule has 1 aromatic carbocycles. The van der Waals surface area contributed by atoms with E-state index in [0.717, 1.165) is 0 Å². The predicted octanol–water partition coefficient (Wildman–Crippen LogP) is 2.74. The summed E-state index contributed by atoms with van der Waals surface area (Å²) in [7, 11) is -0.621. The zero-order valence-electron chi connectivity index (χ0n) is 13.4. The van der Waals surface area contributed by atoms with Crippen LogP contribution in [0.4, 0.5) is 0 Å². The lowest BCUT2D eigenvalue weighted by Crippen LogP contribution is -2.41. The van der Waals surface area contributed by atoms with Gasteiger partial charge in [-0.25, -0.2) is 4.79 Å². The third-order valence-electron chi connectivity index (χ3n) is 4.12. The topological polar surface area (TPSA) is 65.0 Å². The molecule has 1 N–H and O–H groups in total. The average Bonchev–Trinajstić information content (AvgIpc) is 2.57. The Morgan fingerprint density at radius 3 is 2.27 bits per heavy atom. The summed E-state index contributed by atoms with van der Waals surface area (Å²) in [6, 6.07) is 3.16. The molecule has 1 aliphatic heterocycles. The molecular formula is C15H20BClO5. The second kappa shape index (κ2) is 5.76. The SMILES string of the molecule is CCOc1cc(B2OC(C)(C)C(C)(C)O2)cc(Cl)c1C(=O)O. The van der Waals surface area contributed by atoms with E-state index in [9.17, 15) is 9.90 Å². The first-order valence-corrected chi connectivity index (χ1v) is 7.52. The third kappa shape index (κ3) is 2.96. The molecule has 0 unspecified atom stereocenters. The molecule has 0 bridgehead atoms. The molecule has 7 heteroatoms. The van der Waals surface area contributed by atoms with Crippen molar-refractivity contribution in [1.29, 1.82) is 0 Å². The van der Waals surface area contributed by atoms with E-state index >= 15 is 0 Å². The Balaban J connectivity index is 2.44. The zero-order chi connectivity index (χ0) is 16.7. The highest BCUT2D eigenvalue weighted by atomic mass is 35.5. The van der Waals surface area contributed by atoms with Gasteiger partial charge in [0.2, 0.25) is 0 Å². The van der Waals surface area contributed by atoms with Crippen molar-refractivity contribution in [3.8, 4) is 5.75 Å². The number of rotatable bonds is 4. The number of aromatic carboxylic acids is 1. The van der Waals surface area contributed by atoms with E-state index in [2.05, 4.69) is 0 Å². The fourth-order valence-electron chi connectivity index (χ4n) is 2.19. The summed E-state index contributed by atoms with van der Waals surface area (Å²) in [4.78, 5) is 11.3. The van der Waals surface area contributed by atoms with Gasteiger partial charge in [0, 0.05) is 0 Å². The van der Waals surface area contributed by atoms with Crippen molar-refractivity contribution >= 4 is 30.2 Å². The van der Waals surface area contributed by atoms with Gasteiger partial charge in [0.1, 0.15) is 11.3 Å². The number of ether oxygens (including phenoxy) is 1. The van der Waals surface area contributed by atoms with Crippen LogP contribution in [-0.2, 0) is 9.31 Å². The van der Waals surface area contributed by atoms with Crippen molar-refractivity contribution < 1.29 is 23.9 Å². The monoisotopic (exact) mass is 326 g/mol. The molecule has 0 spiro atoms. The molecule has 0 saturated carbocycles. The van der Waals surface area contributed by atoms with Crippen LogP contribution in [0, 0.1) is 0 Å². The lowest BCUT2D eigenvalue weighted by Gasteiger charge is -2.32. The molecule has 1 aromatic rings. The van der Waals surface area contributed by atoms with Crippen LogP contribution in [0.5, 0.6) is 5.75 Å². The lowest BCUT2D eigenvalue weighted by molar-refractivity contribution is 0.00578. The highest BCUT2D eigenvalue weighted by Gasteiger charge is 2.52. The number of carboxylic acids is 1. The average molecular weight is 327 g/mol. The quantitative estimate of drug-likeness (QED) is 0.862. The van der Waals surface area contributed by atoms with E-state index in [1.807, 2.05) is 27.7 Å². The second-order valence-corrected chi connectivity index (χ2v) is 6.61. The van der Waals surface area contributed by atoms with Crippen LogP contribution >= 0.6 is 11.6 Å². The van der Waals surface area contributed by atoms with Crippen LogP contribution in [0.25, 0.3) is 0 Å². The molecule has 1 saturated heterocycles. The maximum absolute atomic E-state index is 11.3. The molecule has 1 fully saturated rings. The Labute approximate surface area is 135 Å². The van der Waals surface area contributed by atoms with Crippen molar-refractivity contribution in [2.75, 3.05) is 6.61 Å². The number of hydrogen-bond donors (Lipinski definition) is 1. The van der Waals surface area contributed by atoms with E-state index in [1.165, 1.54) is 0 Å². The van der Waals surface area contributed by atoms with Crippen LogP contribution in [0.3, 0.4) is 0 Å². The van der Waals surface area contributed by atoms with E-state index in [4.69, 9.17) is 25.6 Å². The normalized spacial score (nSPS) is 19.3. The summed E-state index contributed by atoms with van der Waals surface area (Å²) >= 11 is 6.11. The van der Waals surface area contributed by atoms with Crippen molar-refractivity contribution in [3.05, 3.63) is 22.7 Å². The summed E-state index contributed by atoms with van der Waals surface area (Å²) in [5, 5.41) is 9.37. The summed E-state index contributed by atoms with van der Waals surface area (Å²) in [5.41, 5.74) is -0.385. The molecule has 0 aromatic heterocycles. The zero-order valence-corrected chi connectivity index (χ0v) is 14.2. The summed E-state index contributed by atoms with van der Waals surface area (Å²) in [6.45, 7) is 9.91. The largest absolute Gasteiger partial charge is 0.495 e. The molecule has 0 radical (unpaired) electrons. The van der Waals surface area contributed by atoms with E-state index in [-0.39, 0.29) is 16.3 Å². The van der Waals surface area contributed by atoms with Gasteiger partial charge in [0.15, 0.2) is 0 Å². The maximum atomic E-state index is 11.3. The van der Waals surface area contributed by atoms with Gasteiger partial charge in [-0.1, -0.05) is 11.6 Å². The number of halogens is 1. The third-order valence-corrected chi connectivity index (χ3v) is 4.41. The van der Waals surface area contributed by atoms with E-state index in [0.29, 0.717) is 12.1 Å². The second-order valence-electron chi connectivity index (χ2n) is 6.20. The van der Waals surface area contributed by atoms with E-state index in [1.54, 1.807) is 19.1 Å². The summed E-state index contributed by atoms with van der Waals surface area (Å²) < 4.78 is 17.3. The lowest BCUT2D eigenvalue weighted by atomic mass is 9.78. The number of carbonyl (C=O) groups is 1. The van der Waals surface area contributed by atoms with Gasteiger partial charge < -0.3 is 19.2 Å². The summed E-state index contributed by atoms with van der Waals surface area (Å²) in [6.07, 6.45) is 0. The van der Waals surface area contributed by atoms with Crippen LogP contribution in [-0.4, -0.2) is 36.0 Å². The van der Waals surface area contributed by atoms with Gasteiger partial charge in [0.05, 0.1) is 22.8 Å². The van der Waals surface area contributed by atoms with E-state index < -0.39 is 24.3 Å². The van der Waals surface area contributed by atoms with Gasteiger partial charge in [-0.3, -0.25) is 0 Å². The molecule has 0 amide bonds. The Bertz CT molecular complexity index is 584. The molecule has 0 atom stereocenters. The Morgan fingerprint density at radius 1 is 1.27 bits per heavy atom. The minimum Gasteiger partial charge on any atom is -0.493 e. The first-order chi connectivity index (χ1) is 10.1. The first kappa shape index (κ1) is 17.1. The van der Waals surface area contributed by atoms with Gasteiger partial charge in [-0.2, -0.15) is 0 Å². The van der Waals surface area contributed by atoms with Crippen molar-refractivity contribution in [2.24, 2.45) is 0 Å². The molecule has 0 aliphatic carbocycles. The molecule has 5 nitrogen and oxygen atoms in total. The predicted molar refractivity (Wildman–Crippen MR) is 85.3 cm³/mol.